The van der Waals surface area contributed by atoms with Gasteiger partial charge in [-0.3, -0.25) is 0 Å². The molecule has 2 heterocycles. The van der Waals surface area contributed by atoms with Gasteiger partial charge in [-0.2, -0.15) is 0 Å². The van der Waals surface area contributed by atoms with E-state index >= 15 is 0 Å². The Kier molecular flexibility index (Phi) is 4.49. The molecular weight excluding hydrogens is 322 g/mol. The third kappa shape index (κ3) is 3.23. The van der Waals surface area contributed by atoms with Crippen LogP contribution in [0.1, 0.15) is 34.6 Å². The lowest BCUT2D eigenvalue weighted by Crippen LogP contribution is -2.11. The van der Waals surface area contributed by atoms with Gasteiger partial charge in [-0.25, -0.2) is 14.8 Å². The summed E-state index contributed by atoms with van der Waals surface area (Å²) in [6, 6.07) is 8.07. The van der Waals surface area contributed by atoms with Crippen LogP contribution in [-0.2, 0) is 4.74 Å². The largest absolute Gasteiger partial charge is 0.459 e. The van der Waals surface area contributed by atoms with E-state index in [-0.39, 0.29) is 12.1 Å². The van der Waals surface area contributed by atoms with E-state index in [0.29, 0.717) is 10.7 Å². The van der Waals surface area contributed by atoms with Gasteiger partial charge in [0.25, 0.3) is 0 Å². The van der Waals surface area contributed by atoms with Crippen molar-refractivity contribution in [2.45, 2.75) is 33.8 Å². The normalized spacial score (nSPS) is 11.0. The van der Waals surface area contributed by atoms with Crippen molar-refractivity contribution >= 4 is 39.0 Å². The van der Waals surface area contributed by atoms with Gasteiger partial charge in [0.1, 0.15) is 21.9 Å². The van der Waals surface area contributed by atoms with Crippen LogP contribution in [0.3, 0.4) is 0 Å². The first kappa shape index (κ1) is 16.4. The molecule has 0 atom stereocenters. The number of thiophene rings is 1. The standard InChI is InChI=1S/C18H19N3O2S/c1-10(2)23-18(22)15-12(4)14-16(19-9-20-17(14)24-15)21-13-7-5-11(3)6-8-13/h5-10H,1-4H3,(H,19,20,21). The molecular formula is C18H19N3O2S. The number of nitrogens with one attached hydrogen (secondary N) is 1. The lowest BCUT2D eigenvalue weighted by molar-refractivity contribution is 0.0383. The molecule has 0 aliphatic carbocycles. The number of carbonyl (C=O) groups excluding carboxylic acids is 1. The van der Waals surface area contributed by atoms with E-state index in [1.807, 2.05) is 52.0 Å². The van der Waals surface area contributed by atoms with Gasteiger partial charge in [-0.15, -0.1) is 11.3 Å². The molecule has 0 radical (unpaired) electrons. The second-order valence-corrected chi connectivity index (χ2v) is 6.90. The number of anilines is 2. The minimum absolute atomic E-state index is 0.154. The fourth-order valence-corrected chi connectivity index (χ4v) is 3.43. The lowest BCUT2D eigenvalue weighted by Gasteiger charge is -2.08. The summed E-state index contributed by atoms with van der Waals surface area (Å²) in [6.45, 7) is 7.62. The highest BCUT2D eigenvalue weighted by Gasteiger charge is 2.21. The van der Waals surface area contributed by atoms with E-state index in [2.05, 4.69) is 15.3 Å². The first-order valence-electron chi connectivity index (χ1n) is 7.74. The maximum Gasteiger partial charge on any atom is 0.348 e. The van der Waals surface area contributed by atoms with Crippen LogP contribution in [-0.4, -0.2) is 22.0 Å². The summed E-state index contributed by atoms with van der Waals surface area (Å²) < 4.78 is 5.32. The third-order valence-electron chi connectivity index (χ3n) is 3.57. The van der Waals surface area contributed by atoms with Crippen molar-refractivity contribution in [3.05, 3.63) is 46.6 Å². The zero-order chi connectivity index (χ0) is 17.3. The van der Waals surface area contributed by atoms with Gasteiger partial charge in [-0.1, -0.05) is 17.7 Å². The Morgan fingerprint density at radius 3 is 2.54 bits per heavy atom. The van der Waals surface area contributed by atoms with Gasteiger partial charge in [0.15, 0.2) is 0 Å². The van der Waals surface area contributed by atoms with Crippen LogP contribution in [0.5, 0.6) is 0 Å². The van der Waals surface area contributed by atoms with Crippen molar-refractivity contribution in [2.75, 3.05) is 5.32 Å². The summed E-state index contributed by atoms with van der Waals surface area (Å²) >= 11 is 1.34. The first-order valence-corrected chi connectivity index (χ1v) is 8.56. The fraction of sp³-hybridized carbons (Fsp3) is 0.278. The van der Waals surface area contributed by atoms with E-state index in [9.17, 15) is 4.79 Å². The highest BCUT2D eigenvalue weighted by atomic mass is 32.1. The van der Waals surface area contributed by atoms with Gasteiger partial charge in [0.05, 0.1) is 11.5 Å². The van der Waals surface area contributed by atoms with Gasteiger partial charge in [0, 0.05) is 5.69 Å². The van der Waals surface area contributed by atoms with Crippen molar-refractivity contribution in [1.29, 1.82) is 0 Å². The average Bonchev–Trinajstić information content (AvgIpc) is 2.87. The topological polar surface area (TPSA) is 64.1 Å². The monoisotopic (exact) mass is 341 g/mol. The minimum Gasteiger partial charge on any atom is -0.459 e. The molecule has 0 unspecified atom stereocenters. The number of rotatable bonds is 4. The van der Waals surface area contributed by atoms with Gasteiger partial charge in [-0.05, 0) is 45.4 Å². The summed E-state index contributed by atoms with van der Waals surface area (Å²) in [5, 5.41) is 4.17. The van der Waals surface area contributed by atoms with E-state index < -0.39 is 0 Å². The third-order valence-corrected chi connectivity index (χ3v) is 4.75. The van der Waals surface area contributed by atoms with Crippen LogP contribution in [0.25, 0.3) is 10.2 Å². The number of hydrogen-bond acceptors (Lipinski definition) is 6. The molecule has 6 heteroatoms. The highest BCUT2D eigenvalue weighted by molar-refractivity contribution is 7.20. The molecule has 0 saturated carbocycles. The summed E-state index contributed by atoms with van der Waals surface area (Å²) in [6.07, 6.45) is 1.35. The molecule has 0 amide bonds. The predicted molar refractivity (Wildman–Crippen MR) is 97.2 cm³/mol. The van der Waals surface area contributed by atoms with E-state index in [1.165, 1.54) is 23.2 Å². The van der Waals surface area contributed by atoms with Crippen LogP contribution in [0.2, 0.25) is 0 Å². The average molecular weight is 341 g/mol. The van der Waals surface area contributed by atoms with Crippen molar-refractivity contribution in [2.24, 2.45) is 0 Å². The fourth-order valence-electron chi connectivity index (χ4n) is 2.40. The van der Waals surface area contributed by atoms with Crippen molar-refractivity contribution in [3.8, 4) is 0 Å². The molecule has 124 valence electrons. The van der Waals surface area contributed by atoms with Crippen LogP contribution in [0.4, 0.5) is 11.5 Å². The molecule has 0 aliphatic rings. The molecule has 24 heavy (non-hydrogen) atoms. The zero-order valence-electron chi connectivity index (χ0n) is 14.1. The molecule has 0 fully saturated rings. The Balaban J connectivity index is 2.01. The molecule has 3 rings (SSSR count). The maximum atomic E-state index is 12.3. The smallest absolute Gasteiger partial charge is 0.348 e. The Morgan fingerprint density at radius 1 is 1.17 bits per heavy atom. The Bertz CT molecular complexity index is 885. The number of nitrogens with zero attached hydrogens (tertiary/aromatic N) is 2. The quantitative estimate of drug-likeness (QED) is 0.702. The molecule has 1 aromatic carbocycles. The van der Waals surface area contributed by atoms with Gasteiger partial charge >= 0.3 is 5.97 Å². The number of hydrogen-bond donors (Lipinski definition) is 1. The number of aromatic nitrogens is 2. The number of aryl methyl sites for hydroxylation is 2. The second-order valence-electron chi connectivity index (χ2n) is 5.90. The van der Waals surface area contributed by atoms with Crippen LogP contribution < -0.4 is 5.32 Å². The molecule has 0 saturated heterocycles. The summed E-state index contributed by atoms with van der Waals surface area (Å²) in [5.41, 5.74) is 2.98. The molecule has 2 aromatic heterocycles. The molecule has 0 aliphatic heterocycles. The van der Waals surface area contributed by atoms with E-state index in [0.717, 1.165) is 21.5 Å². The zero-order valence-corrected chi connectivity index (χ0v) is 14.9. The van der Waals surface area contributed by atoms with Crippen LogP contribution in [0, 0.1) is 13.8 Å². The Hall–Kier alpha value is -2.47. The van der Waals surface area contributed by atoms with Gasteiger partial charge in [0.2, 0.25) is 0 Å². The van der Waals surface area contributed by atoms with Crippen molar-refractivity contribution < 1.29 is 9.53 Å². The maximum absolute atomic E-state index is 12.3. The first-order chi connectivity index (χ1) is 11.5. The molecule has 3 aromatic rings. The number of ether oxygens (including phenoxy) is 1. The number of esters is 1. The minimum atomic E-state index is -0.313. The highest BCUT2D eigenvalue weighted by Crippen LogP contribution is 2.34. The molecule has 0 spiro atoms. The number of carbonyl (C=O) groups is 1. The molecule has 1 N–H and O–H groups in total. The SMILES string of the molecule is Cc1ccc(Nc2ncnc3sc(C(=O)OC(C)C)c(C)c23)cc1. The second kappa shape index (κ2) is 6.57. The summed E-state index contributed by atoms with van der Waals surface area (Å²) in [7, 11) is 0. The van der Waals surface area contributed by atoms with Gasteiger partial charge < -0.3 is 10.1 Å². The summed E-state index contributed by atoms with van der Waals surface area (Å²) in [4.78, 5) is 22.3. The van der Waals surface area contributed by atoms with Crippen LogP contribution in [0.15, 0.2) is 30.6 Å². The molecule has 0 bridgehead atoms. The summed E-state index contributed by atoms with van der Waals surface area (Å²) in [5.74, 6) is 0.382. The lowest BCUT2D eigenvalue weighted by atomic mass is 10.2. The number of fused-ring (bicyclic) bond motifs is 1. The van der Waals surface area contributed by atoms with Crippen molar-refractivity contribution in [1.82, 2.24) is 9.97 Å². The number of benzene rings is 1. The molecule has 5 nitrogen and oxygen atoms in total. The van der Waals surface area contributed by atoms with E-state index in [1.54, 1.807) is 0 Å². The van der Waals surface area contributed by atoms with Crippen molar-refractivity contribution in [3.63, 3.8) is 0 Å². The predicted octanol–water partition coefficient (Wildman–Crippen LogP) is 4.62. The Labute approximate surface area is 144 Å². The Morgan fingerprint density at radius 2 is 1.88 bits per heavy atom. The van der Waals surface area contributed by atoms with Crippen LogP contribution >= 0.6 is 11.3 Å². The van der Waals surface area contributed by atoms with E-state index in [4.69, 9.17) is 4.74 Å².